The van der Waals surface area contributed by atoms with Crippen molar-refractivity contribution < 1.29 is 13.2 Å². The highest BCUT2D eigenvalue weighted by Gasteiger charge is 2.35. The standard InChI is InChI=1S/C22H26Cl2N4O3S3/c1-14-4-5-16(23)20-19(14)25-22(33-20)28(13-12-26(2)3)21(29)15-8-10-27(11-9-15)34(30,31)18-7-6-17(24)32-18/h4-7,15H,8-13H2,1-3H3. The molecule has 0 aliphatic carbocycles. The number of carbonyl (C=O) groups excluding carboxylic acids is 1. The summed E-state index contributed by atoms with van der Waals surface area (Å²) in [6, 6.07) is 6.90. The Hall–Kier alpha value is -1.27. The van der Waals surface area contributed by atoms with Gasteiger partial charge in [0.15, 0.2) is 5.13 Å². The molecule has 1 saturated heterocycles. The number of thiazole rings is 1. The second-order valence-corrected chi connectivity index (χ2v) is 13.8. The second-order valence-electron chi connectivity index (χ2n) is 8.57. The molecule has 0 atom stereocenters. The van der Waals surface area contributed by atoms with Gasteiger partial charge in [0, 0.05) is 32.1 Å². The molecule has 4 rings (SSSR count). The fourth-order valence-corrected chi connectivity index (χ4v) is 8.39. The normalized spacial score (nSPS) is 15.9. The highest BCUT2D eigenvalue weighted by atomic mass is 35.5. The lowest BCUT2D eigenvalue weighted by atomic mass is 9.96. The van der Waals surface area contributed by atoms with Crippen LogP contribution in [-0.2, 0) is 14.8 Å². The Bertz CT molecular complexity index is 1260. The van der Waals surface area contributed by atoms with Crippen LogP contribution in [0, 0.1) is 12.8 Å². The van der Waals surface area contributed by atoms with Gasteiger partial charge in [0.2, 0.25) is 5.91 Å². The van der Waals surface area contributed by atoms with Gasteiger partial charge in [0.05, 0.1) is 19.6 Å². The molecule has 1 aliphatic heterocycles. The molecule has 0 radical (unpaired) electrons. The molecule has 7 nitrogen and oxygen atoms in total. The Kier molecular flexibility index (Phi) is 7.88. The summed E-state index contributed by atoms with van der Waals surface area (Å²) in [6.45, 7) is 3.74. The molecular formula is C22H26Cl2N4O3S3. The molecule has 1 amide bonds. The quantitative estimate of drug-likeness (QED) is 0.408. The molecule has 0 bridgehead atoms. The first-order chi connectivity index (χ1) is 16.1. The lowest BCUT2D eigenvalue weighted by Gasteiger charge is -2.33. The van der Waals surface area contributed by atoms with E-state index in [9.17, 15) is 13.2 Å². The number of amides is 1. The van der Waals surface area contributed by atoms with Gasteiger partial charge >= 0.3 is 0 Å². The van der Waals surface area contributed by atoms with Crippen LogP contribution in [0.4, 0.5) is 5.13 Å². The van der Waals surface area contributed by atoms with Gasteiger partial charge in [-0.1, -0.05) is 40.6 Å². The van der Waals surface area contributed by atoms with Crippen LogP contribution < -0.4 is 4.90 Å². The number of thiophene rings is 1. The van der Waals surface area contributed by atoms with Crippen molar-refractivity contribution in [3.05, 3.63) is 39.2 Å². The molecule has 3 heterocycles. The molecule has 0 saturated carbocycles. The number of nitrogens with zero attached hydrogens (tertiary/aromatic N) is 4. The van der Waals surface area contributed by atoms with E-state index in [1.54, 1.807) is 11.0 Å². The molecule has 0 unspecified atom stereocenters. The van der Waals surface area contributed by atoms with E-state index in [0.717, 1.165) is 27.1 Å². The second kappa shape index (κ2) is 10.4. The Morgan fingerprint density at radius 3 is 2.41 bits per heavy atom. The maximum absolute atomic E-state index is 13.6. The van der Waals surface area contributed by atoms with Gasteiger partial charge in [-0.15, -0.1) is 11.3 Å². The predicted octanol–water partition coefficient (Wildman–Crippen LogP) is 4.97. The number of likely N-dealkylation sites (N-methyl/N-ethyl adjacent to an activating group) is 1. The van der Waals surface area contributed by atoms with Crippen LogP contribution in [0.25, 0.3) is 10.2 Å². The summed E-state index contributed by atoms with van der Waals surface area (Å²) < 4.78 is 28.8. The van der Waals surface area contributed by atoms with Crippen LogP contribution in [-0.4, -0.2) is 68.8 Å². The summed E-state index contributed by atoms with van der Waals surface area (Å²) in [7, 11) is 0.321. The predicted molar refractivity (Wildman–Crippen MR) is 141 cm³/mol. The lowest BCUT2D eigenvalue weighted by Crippen LogP contribution is -2.45. The van der Waals surface area contributed by atoms with Crippen molar-refractivity contribution in [2.24, 2.45) is 5.92 Å². The molecular weight excluding hydrogens is 535 g/mol. The SMILES string of the molecule is Cc1ccc(Cl)c2sc(N(CCN(C)C)C(=O)C3CCN(S(=O)(=O)c4ccc(Cl)s4)CC3)nc12. The zero-order valence-corrected chi connectivity index (χ0v) is 23.1. The first-order valence-corrected chi connectivity index (χ1v) is 14.7. The maximum Gasteiger partial charge on any atom is 0.252 e. The molecule has 2 aromatic heterocycles. The van der Waals surface area contributed by atoms with E-state index in [1.807, 2.05) is 38.1 Å². The first-order valence-electron chi connectivity index (χ1n) is 10.8. The smallest absolute Gasteiger partial charge is 0.252 e. The number of anilines is 1. The Morgan fingerprint density at radius 2 is 1.82 bits per heavy atom. The van der Waals surface area contributed by atoms with Gasteiger partial charge in [-0.2, -0.15) is 4.31 Å². The van der Waals surface area contributed by atoms with E-state index in [2.05, 4.69) is 0 Å². The minimum absolute atomic E-state index is 0.0223. The Morgan fingerprint density at radius 1 is 1.12 bits per heavy atom. The minimum atomic E-state index is -3.60. The summed E-state index contributed by atoms with van der Waals surface area (Å²) in [5, 5.41) is 1.25. The minimum Gasteiger partial charge on any atom is -0.308 e. The van der Waals surface area contributed by atoms with E-state index in [0.29, 0.717) is 53.5 Å². The van der Waals surface area contributed by atoms with Gasteiger partial charge in [-0.3, -0.25) is 9.69 Å². The van der Waals surface area contributed by atoms with Gasteiger partial charge in [0.1, 0.15) is 4.21 Å². The third-order valence-electron chi connectivity index (χ3n) is 5.90. The van der Waals surface area contributed by atoms with Crippen LogP contribution >= 0.6 is 45.9 Å². The summed E-state index contributed by atoms with van der Waals surface area (Å²) in [5.41, 5.74) is 1.82. The fourth-order valence-electron chi connectivity index (χ4n) is 3.93. The largest absolute Gasteiger partial charge is 0.308 e. The van der Waals surface area contributed by atoms with Gasteiger partial charge in [0.25, 0.3) is 10.0 Å². The summed E-state index contributed by atoms with van der Waals surface area (Å²) in [5.74, 6) is -0.296. The highest BCUT2D eigenvalue weighted by Crippen LogP contribution is 2.37. The van der Waals surface area contributed by atoms with E-state index < -0.39 is 10.0 Å². The Labute approximate surface area is 217 Å². The average Bonchev–Trinajstić information content (AvgIpc) is 3.44. The number of rotatable bonds is 7. The van der Waals surface area contributed by atoms with Crippen LogP contribution in [0.2, 0.25) is 9.36 Å². The molecule has 12 heteroatoms. The summed E-state index contributed by atoms with van der Waals surface area (Å²) in [6.07, 6.45) is 0.917. The topological polar surface area (TPSA) is 73.8 Å². The molecule has 1 aliphatic rings. The van der Waals surface area contributed by atoms with Crippen molar-refractivity contribution in [1.29, 1.82) is 0 Å². The van der Waals surface area contributed by atoms with Crippen molar-refractivity contribution in [3.8, 4) is 0 Å². The molecule has 0 spiro atoms. The lowest BCUT2D eigenvalue weighted by molar-refractivity contribution is -0.123. The van der Waals surface area contributed by atoms with Gasteiger partial charge in [-0.25, -0.2) is 13.4 Å². The number of benzene rings is 1. The molecule has 1 fully saturated rings. The van der Waals surface area contributed by atoms with E-state index in [4.69, 9.17) is 28.2 Å². The molecule has 3 aromatic rings. The number of fused-ring (bicyclic) bond motifs is 1. The van der Waals surface area contributed by atoms with Crippen LogP contribution in [0.5, 0.6) is 0 Å². The average molecular weight is 562 g/mol. The van der Waals surface area contributed by atoms with Crippen molar-refractivity contribution >= 4 is 77.2 Å². The number of aromatic nitrogens is 1. The zero-order valence-electron chi connectivity index (χ0n) is 19.1. The third kappa shape index (κ3) is 5.28. The number of halogens is 2. The number of carbonyl (C=O) groups is 1. The monoisotopic (exact) mass is 560 g/mol. The molecule has 0 N–H and O–H groups in total. The van der Waals surface area contributed by atoms with Gasteiger partial charge < -0.3 is 4.90 Å². The van der Waals surface area contributed by atoms with Crippen molar-refractivity contribution in [3.63, 3.8) is 0 Å². The zero-order chi connectivity index (χ0) is 24.6. The van der Waals surface area contributed by atoms with E-state index in [-0.39, 0.29) is 16.0 Å². The van der Waals surface area contributed by atoms with Crippen molar-refractivity contribution in [2.45, 2.75) is 24.0 Å². The van der Waals surface area contributed by atoms with Crippen molar-refractivity contribution in [2.75, 3.05) is 45.2 Å². The van der Waals surface area contributed by atoms with Crippen LogP contribution in [0.15, 0.2) is 28.5 Å². The Balaban J connectivity index is 1.54. The molecule has 184 valence electrons. The van der Waals surface area contributed by atoms with Crippen LogP contribution in [0.3, 0.4) is 0 Å². The number of piperidine rings is 1. The van der Waals surface area contributed by atoms with E-state index in [1.165, 1.54) is 21.7 Å². The third-order valence-corrected chi connectivity index (χ3v) is 11.0. The maximum atomic E-state index is 13.6. The number of hydrogen-bond acceptors (Lipinski definition) is 7. The molecule has 34 heavy (non-hydrogen) atoms. The van der Waals surface area contributed by atoms with Crippen LogP contribution in [0.1, 0.15) is 18.4 Å². The number of hydrogen-bond donors (Lipinski definition) is 0. The first kappa shape index (κ1) is 25.8. The summed E-state index contributed by atoms with van der Waals surface area (Å²) >= 11 is 14.8. The molecule has 1 aromatic carbocycles. The van der Waals surface area contributed by atoms with Gasteiger partial charge in [-0.05, 0) is 57.6 Å². The number of aryl methyl sites for hydroxylation is 1. The number of sulfonamides is 1. The highest BCUT2D eigenvalue weighted by molar-refractivity contribution is 7.91. The van der Waals surface area contributed by atoms with Crippen molar-refractivity contribution in [1.82, 2.24) is 14.2 Å². The summed E-state index contributed by atoms with van der Waals surface area (Å²) in [4.78, 5) is 22.2. The fraction of sp³-hybridized carbons (Fsp3) is 0.455. The van der Waals surface area contributed by atoms with E-state index >= 15 is 0 Å².